The van der Waals surface area contributed by atoms with Gasteiger partial charge in [-0.15, -0.1) is 0 Å². The van der Waals surface area contributed by atoms with Crippen LogP contribution in [0.15, 0.2) is 6.07 Å². The zero-order valence-corrected chi connectivity index (χ0v) is 9.62. The first-order valence-corrected chi connectivity index (χ1v) is 5.47. The summed E-state index contributed by atoms with van der Waals surface area (Å²) in [5, 5.41) is 20.9. The van der Waals surface area contributed by atoms with E-state index in [1.165, 1.54) is 11.5 Å². The molecule has 0 spiro atoms. The van der Waals surface area contributed by atoms with Crippen LogP contribution in [0.3, 0.4) is 0 Å². The molecule has 1 aromatic rings. The van der Waals surface area contributed by atoms with Crippen molar-refractivity contribution in [3.05, 3.63) is 10.9 Å². The molecule has 15 heavy (non-hydrogen) atoms. The average Bonchev–Trinajstić information content (AvgIpc) is 2.73. The molecule has 86 valence electrons. The number of methoxy groups -OCH3 is 1. The second-order valence-corrected chi connectivity index (χ2v) is 4.07. The van der Waals surface area contributed by atoms with E-state index in [1.807, 2.05) is 13.0 Å². The molecule has 6 heteroatoms. The average molecular weight is 232 g/mol. The maximum atomic E-state index is 9.16. The number of aliphatic hydroxyl groups excluding tert-OH is 2. The van der Waals surface area contributed by atoms with Crippen LogP contribution in [0.4, 0.5) is 0 Å². The van der Waals surface area contributed by atoms with E-state index in [0.29, 0.717) is 12.4 Å². The Labute approximate surface area is 92.9 Å². The van der Waals surface area contributed by atoms with E-state index < -0.39 is 6.10 Å². The largest absolute Gasteiger partial charge is 0.480 e. The molecule has 0 saturated carbocycles. The fourth-order valence-electron chi connectivity index (χ4n) is 1.05. The molecule has 0 bridgehead atoms. The third kappa shape index (κ3) is 3.75. The van der Waals surface area contributed by atoms with Gasteiger partial charge in [-0.2, -0.15) is 4.37 Å². The van der Waals surface area contributed by atoms with Crippen LogP contribution < -0.4 is 10.1 Å². The molecule has 1 rings (SSSR count). The Hall–Kier alpha value is -0.690. The summed E-state index contributed by atoms with van der Waals surface area (Å²) >= 11 is 1.36. The number of nitrogens with one attached hydrogen (secondary N) is 1. The molecule has 0 fully saturated rings. The van der Waals surface area contributed by atoms with Gasteiger partial charge in [0, 0.05) is 23.5 Å². The summed E-state index contributed by atoms with van der Waals surface area (Å²) in [5.74, 6) is 0.603. The van der Waals surface area contributed by atoms with Crippen LogP contribution in [-0.4, -0.2) is 41.0 Å². The molecule has 0 aliphatic heterocycles. The van der Waals surface area contributed by atoms with Gasteiger partial charge in [0.15, 0.2) is 0 Å². The quantitative estimate of drug-likeness (QED) is 0.651. The minimum absolute atomic E-state index is 0.0904. The molecule has 0 radical (unpaired) electrons. The normalized spacial score (nSPS) is 14.9. The zero-order chi connectivity index (χ0) is 11.3. The molecule has 0 aliphatic carbocycles. The highest BCUT2D eigenvalue weighted by Gasteiger charge is 2.11. The minimum Gasteiger partial charge on any atom is -0.480 e. The minimum atomic E-state index is -0.720. The summed E-state index contributed by atoms with van der Waals surface area (Å²) < 4.78 is 9.04. The van der Waals surface area contributed by atoms with Crippen LogP contribution in [0.5, 0.6) is 5.88 Å². The fourth-order valence-corrected chi connectivity index (χ4v) is 1.77. The number of hydrogen-bond donors (Lipinski definition) is 3. The molecule has 3 N–H and O–H groups in total. The predicted molar refractivity (Wildman–Crippen MR) is 58.2 cm³/mol. The molecular formula is C9H16N2O3S. The third-order valence-electron chi connectivity index (χ3n) is 2.01. The van der Waals surface area contributed by atoms with Crippen molar-refractivity contribution in [1.82, 2.24) is 9.69 Å². The smallest absolute Gasteiger partial charge is 0.225 e. The third-order valence-corrected chi connectivity index (χ3v) is 2.97. The van der Waals surface area contributed by atoms with E-state index in [2.05, 4.69) is 9.69 Å². The first-order chi connectivity index (χ1) is 7.17. The molecule has 1 aromatic heterocycles. The Balaban J connectivity index is 2.42. The summed E-state index contributed by atoms with van der Waals surface area (Å²) in [4.78, 5) is 1.04. The Kier molecular flexibility index (Phi) is 4.97. The Morgan fingerprint density at radius 2 is 2.40 bits per heavy atom. The van der Waals surface area contributed by atoms with Gasteiger partial charge < -0.3 is 20.3 Å². The van der Waals surface area contributed by atoms with Crippen molar-refractivity contribution < 1.29 is 14.9 Å². The zero-order valence-electron chi connectivity index (χ0n) is 8.80. The molecule has 0 saturated heterocycles. The number of nitrogens with zero attached hydrogens (tertiary/aromatic N) is 1. The maximum absolute atomic E-state index is 9.16. The van der Waals surface area contributed by atoms with Crippen LogP contribution in [-0.2, 0) is 0 Å². The first kappa shape index (κ1) is 12.4. The predicted octanol–water partition coefficient (Wildman–Crippen LogP) is 0.156. The van der Waals surface area contributed by atoms with Crippen LogP contribution in [0.25, 0.3) is 0 Å². The molecule has 5 nitrogen and oxygen atoms in total. The Bertz CT molecular complexity index is 293. The highest BCUT2D eigenvalue weighted by Crippen LogP contribution is 2.22. The number of aliphatic hydroxyl groups is 2. The van der Waals surface area contributed by atoms with E-state index in [4.69, 9.17) is 14.9 Å². The van der Waals surface area contributed by atoms with E-state index >= 15 is 0 Å². The van der Waals surface area contributed by atoms with E-state index in [0.717, 1.165) is 4.88 Å². The van der Waals surface area contributed by atoms with E-state index in [-0.39, 0.29) is 12.6 Å². The topological polar surface area (TPSA) is 74.6 Å². The molecule has 0 aliphatic rings. The molecule has 2 unspecified atom stereocenters. The van der Waals surface area contributed by atoms with Gasteiger partial charge in [-0.3, -0.25) is 0 Å². The summed E-state index contributed by atoms with van der Waals surface area (Å²) in [6, 6.07) is 1.95. The van der Waals surface area contributed by atoms with Gasteiger partial charge in [0.2, 0.25) is 5.88 Å². The second kappa shape index (κ2) is 6.02. The van der Waals surface area contributed by atoms with Crippen molar-refractivity contribution in [3.63, 3.8) is 0 Å². The molecular weight excluding hydrogens is 216 g/mol. The van der Waals surface area contributed by atoms with Gasteiger partial charge in [0.25, 0.3) is 0 Å². The standard InChI is InChI=1S/C9H16N2O3S/c1-6(10-4-7(13)5-12)8-3-9(14-2)11-15-8/h3,6-7,10,12-13H,4-5H2,1-2H3. The van der Waals surface area contributed by atoms with Gasteiger partial charge in [-0.05, 0) is 18.5 Å². The molecule has 0 aromatic carbocycles. The van der Waals surface area contributed by atoms with Crippen LogP contribution in [0.1, 0.15) is 17.8 Å². The highest BCUT2D eigenvalue weighted by atomic mass is 32.1. The van der Waals surface area contributed by atoms with Crippen molar-refractivity contribution in [2.24, 2.45) is 0 Å². The van der Waals surface area contributed by atoms with Crippen LogP contribution >= 0.6 is 11.5 Å². The first-order valence-electron chi connectivity index (χ1n) is 4.70. The van der Waals surface area contributed by atoms with Gasteiger partial charge in [-0.25, -0.2) is 0 Å². The fraction of sp³-hybridized carbons (Fsp3) is 0.667. The van der Waals surface area contributed by atoms with E-state index in [1.54, 1.807) is 7.11 Å². The lowest BCUT2D eigenvalue weighted by atomic mass is 10.2. The number of aromatic nitrogens is 1. The lowest BCUT2D eigenvalue weighted by Gasteiger charge is -2.13. The van der Waals surface area contributed by atoms with Gasteiger partial charge in [0.05, 0.1) is 19.8 Å². The van der Waals surface area contributed by atoms with Crippen molar-refractivity contribution in [1.29, 1.82) is 0 Å². The number of ether oxygens (including phenoxy) is 1. The molecule has 0 amide bonds. The number of rotatable bonds is 6. The lowest BCUT2D eigenvalue weighted by molar-refractivity contribution is 0.0925. The summed E-state index contributed by atoms with van der Waals surface area (Å²) in [7, 11) is 1.58. The molecule has 1 heterocycles. The Morgan fingerprint density at radius 3 is 2.93 bits per heavy atom. The van der Waals surface area contributed by atoms with Gasteiger partial charge in [-0.1, -0.05) is 0 Å². The summed E-state index contributed by atoms with van der Waals surface area (Å²) in [6.45, 7) is 2.10. The Morgan fingerprint density at radius 1 is 1.67 bits per heavy atom. The van der Waals surface area contributed by atoms with Crippen molar-refractivity contribution in [2.45, 2.75) is 19.1 Å². The van der Waals surface area contributed by atoms with Gasteiger partial charge in [0.1, 0.15) is 0 Å². The monoisotopic (exact) mass is 232 g/mol. The van der Waals surface area contributed by atoms with Crippen molar-refractivity contribution in [3.8, 4) is 5.88 Å². The second-order valence-electron chi connectivity index (χ2n) is 3.24. The van der Waals surface area contributed by atoms with Gasteiger partial charge >= 0.3 is 0 Å². The SMILES string of the molecule is COc1cc(C(C)NCC(O)CO)sn1. The number of hydrogen-bond acceptors (Lipinski definition) is 6. The van der Waals surface area contributed by atoms with Crippen molar-refractivity contribution >= 4 is 11.5 Å². The highest BCUT2D eigenvalue weighted by molar-refractivity contribution is 7.06. The van der Waals surface area contributed by atoms with Crippen LogP contribution in [0, 0.1) is 0 Å². The maximum Gasteiger partial charge on any atom is 0.225 e. The summed E-state index contributed by atoms with van der Waals surface area (Å²) in [6.07, 6.45) is -0.720. The summed E-state index contributed by atoms with van der Waals surface area (Å²) in [5.41, 5.74) is 0. The molecule has 2 atom stereocenters. The van der Waals surface area contributed by atoms with E-state index in [9.17, 15) is 0 Å². The van der Waals surface area contributed by atoms with Crippen molar-refractivity contribution in [2.75, 3.05) is 20.3 Å². The van der Waals surface area contributed by atoms with Crippen LogP contribution in [0.2, 0.25) is 0 Å². The lowest BCUT2D eigenvalue weighted by Crippen LogP contribution is -2.30.